The van der Waals surface area contributed by atoms with Crippen LogP contribution in [0, 0.1) is 0 Å². The predicted octanol–water partition coefficient (Wildman–Crippen LogP) is 3.40. The van der Waals surface area contributed by atoms with Crippen LogP contribution in [-0.2, 0) is 6.54 Å². The van der Waals surface area contributed by atoms with Crippen LogP contribution in [0.3, 0.4) is 0 Å². The highest BCUT2D eigenvalue weighted by molar-refractivity contribution is 9.10. The number of hydrogen-bond donors (Lipinski definition) is 1. The van der Waals surface area contributed by atoms with Gasteiger partial charge in [0, 0.05) is 22.8 Å². The molecule has 1 N–H and O–H groups in total. The minimum Gasteiger partial charge on any atom is -0.384 e. The van der Waals surface area contributed by atoms with Gasteiger partial charge < -0.3 is 5.11 Å². The van der Waals surface area contributed by atoms with Crippen molar-refractivity contribution in [3.05, 3.63) is 51.2 Å². The Kier molecular flexibility index (Phi) is 3.86. The number of aryl methyl sites for hydroxylation is 1. The summed E-state index contributed by atoms with van der Waals surface area (Å²) in [4.78, 5) is 0. The van der Waals surface area contributed by atoms with Crippen LogP contribution < -0.4 is 0 Å². The van der Waals surface area contributed by atoms with Crippen molar-refractivity contribution in [2.75, 3.05) is 0 Å². The molecule has 2 rings (SSSR count). The third-order valence-corrected chi connectivity index (χ3v) is 3.78. The highest BCUT2D eigenvalue weighted by Gasteiger charge is 2.13. The van der Waals surface area contributed by atoms with E-state index in [2.05, 4.69) is 21.0 Å². The molecule has 0 amide bonds. The molecular weight excluding hydrogens is 304 g/mol. The van der Waals surface area contributed by atoms with Crippen LogP contribution in [0.15, 0.2) is 35.1 Å². The van der Waals surface area contributed by atoms with Gasteiger partial charge in [0.2, 0.25) is 0 Å². The minimum atomic E-state index is -0.694. The van der Waals surface area contributed by atoms with Crippen molar-refractivity contribution >= 4 is 27.5 Å². The second-order valence-corrected chi connectivity index (χ2v) is 4.97. The summed E-state index contributed by atoms with van der Waals surface area (Å²) in [6, 6.07) is 5.41. The molecular formula is C12H12BrClN2O. The lowest BCUT2D eigenvalue weighted by molar-refractivity contribution is 0.220. The Morgan fingerprint density at radius 3 is 2.82 bits per heavy atom. The molecule has 0 saturated heterocycles. The molecule has 3 nitrogen and oxygen atoms in total. The number of aliphatic hydroxyl groups excluding tert-OH is 1. The molecule has 0 aliphatic carbocycles. The Morgan fingerprint density at radius 1 is 1.47 bits per heavy atom. The first-order valence-corrected chi connectivity index (χ1v) is 6.44. The Hall–Kier alpha value is -0.840. The number of aromatic nitrogens is 2. The van der Waals surface area contributed by atoms with E-state index in [-0.39, 0.29) is 0 Å². The average Bonchev–Trinajstić information content (AvgIpc) is 2.80. The number of benzene rings is 1. The molecule has 17 heavy (non-hydrogen) atoms. The third kappa shape index (κ3) is 2.70. The molecule has 1 atom stereocenters. The number of rotatable bonds is 3. The first-order chi connectivity index (χ1) is 8.11. The summed E-state index contributed by atoms with van der Waals surface area (Å²) < 4.78 is 2.60. The van der Waals surface area contributed by atoms with E-state index in [1.165, 1.54) is 0 Å². The van der Waals surface area contributed by atoms with Crippen molar-refractivity contribution in [2.45, 2.75) is 19.6 Å². The van der Waals surface area contributed by atoms with E-state index in [1.807, 2.05) is 25.3 Å². The van der Waals surface area contributed by atoms with E-state index in [1.54, 1.807) is 16.9 Å². The van der Waals surface area contributed by atoms with Crippen molar-refractivity contribution in [3.8, 4) is 0 Å². The molecule has 0 bridgehead atoms. The minimum absolute atomic E-state index is 0.587. The standard InChI is InChI=1S/C12H12BrClN2O/c1-2-16-7-9(6-15-16)12(17)8-3-4-10(13)11(14)5-8/h3-7,12,17H,2H2,1H3. The summed E-state index contributed by atoms with van der Waals surface area (Å²) in [6.07, 6.45) is 2.81. The number of nitrogens with zero attached hydrogens (tertiary/aromatic N) is 2. The predicted molar refractivity (Wildman–Crippen MR) is 71.1 cm³/mol. The molecule has 0 aliphatic heterocycles. The fraction of sp³-hybridized carbons (Fsp3) is 0.250. The molecule has 0 fully saturated rings. The Balaban J connectivity index is 2.29. The lowest BCUT2D eigenvalue weighted by Gasteiger charge is -2.09. The zero-order chi connectivity index (χ0) is 12.4. The molecule has 5 heteroatoms. The largest absolute Gasteiger partial charge is 0.384 e. The van der Waals surface area contributed by atoms with Gasteiger partial charge in [0.25, 0.3) is 0 Å². The first-order valence-electron chi connectivity index (χ1n) is 5.27. The highest BCUT2D eigenvalue weighted by Crippen LogP contribution is 2.28. The van der Waals surface area contributed by atoms with E-state index >= 15 is 0 Å². The Bertz CT molecular complexity index is 527. The van der Waals surface area contributed by atoms with Gasteiger partial charge >= 0.3 is 0 Å². The van der Waals surface area contributed by atoms with Crippen molar-refractivity contribution in [2.24, 2.45) is 0 Å². The van der Waals surface area contributed by atoms with Crippen molar-refractivity contribution in [1.29, 1.82) is 0 Å². The number of hydrogen-bond acceptors (Lipinski definition) is 2. The van der Waals surface area contributed by atoms with Gasteiger partial charge in [-0.3, -0.25) is 4.68 Å². The molecule has 1 aromatic carbocycles. The molecule has 1 unspecified atom stereocenters. The first kappa shape index (κ1) is 12.6. The van der Waals surface area contributed by atoms with E-state index in [0.717, 1.165) is 22.1 Å². The van der Waals surface area contributed by atoms with Crippen LogP contribution in [0.2, 0.25) is 5.02 Å². The molecule has 0 spiro atoms. The van der Waals surface area contributed by atoms with E-state index < -0.39 is 6.10 Å². The van der Waals surface area contributed by atoms with Gasteiger partial charge in [-0.1, -0.05) is 17.7 Å². The highest BCUT2D eigenvalue weighted by atomic mass is 79.9. The summed E-state index contributed by atoms with van der Waals surface area (Å²) in [7, 11) is 0. The van der Waals surface area contributed by atoms with Crippen LogP contribution in [-0.4, -0.2) is 14.9 Å². The summed E-state index contributed by atoms with van der Waals surface area (Å²) in [6.45, 7) is 2.79. The quantitative estimate of drug-likeness (QED) is 0.942. The zero-order valence-electron chi connectivity index (χ0n) is 9.27. The zero-order valence-corrected chi connectivity index (χ0v) is 11.6. The number of aliphatic hydroxyl groups is 1. The maximum Gasteiger partial charge on any atom is 0.107 e. The van der Waals surface area contributed by atoms with Crippen LogP contribution in [0.1, 0.15) is 24.2 Å². The molecule has 0 aliphatic rings. The summed E-state index contributed by atoms with van der Waals surface area (Å²) in [5.74, 6) is 0. The Labute approximate surface area is 113 Å². The summed E-state index contributed by atoms with van der Waals surface area (Å²) in [5, 5.41) is 14.9. The Morgan fingerprint density at radius 2 is 2.24 bits per heavy atom. The van der Waals surface area contributed by atoms with Gasteiger partial charge in [0.05, 0.1) is 11.2 Å². The van der Waals surface area contributed by atoms with Gasteiger partial charge in [0.1, 0.15) is 6.10 Å². The molecule has 0 radical (unpaired) electrons. The monoisotopic (exact) mass is 314 g/mol. The van der Waals surface area contributed by atoms with E-state index in [9.17, 15) is 5.11 Å². The average molecular weight is 316 g/mol. The molecule has 0 saturated carbocycles. The van der Waals surface area contributed by atoms with E-state index in [0.29, 0.717) is 5.02 Å². The smallest absolute Gasteiger partial charge is 0.107 e. The van der Waals surface area contributed by atoms with Gasteiger partial charge in [-0.05, 0) is 40.5 Å². The van der Waals surface area contributed by atoms with Crippen LogP contribution >= 0.6 is 27.5 Å². The molecule has 1 heterocycles. The van der Waals surface area contributed by atoms with Crippen molar-refractivity contribution in [3.63, 3.8) is 0 Å². The summed E-state index contributed by atoms with van der Waals surface area (Å²) >= 11 is 9.32. The third-order valence-electron chi connectivity index (χ3n) is 2.55. The normalized spacial score (nSPS) is 12.7. The maximum atomic E-state index is 10.2. The van der Waals surface area contributed by atoms with Crippen LogP contribution in [0.5, 0.6) is 0 Å². The SMILES string of the molecule is CCn1cc(C(O)c2ccc(Br)c(Cl)c2)cn1. The molecule has 90 valence electrons. The molecule has 2 aromatic rings. The summed E-state index contributed by atoms with van der Waals surface area (Å²) in [5.41, 5.74) is 1.53. The van der Waals surface area contributed by atoms with Gasteiger partial charge in [-0.25, -0.2) is 0 Å². The van der Waals surface area contributed by atoms with E-state index in [4.69, 9.17) is 11.6 Å². The fourth-order valence-corrected chi connectivity index (χ4v) is 2.00. The van der Waals surface area contributed by atoms with Crippen LogP contribution in [0.25, 0.3) is 0 Å². The van der Waals surface area contributed by atoms with Crippen molar-refractivity contribution < 1.29 is 5.11 Å². The van der Waals surface area contributed by atoms with Crippen LogP contribution in [0.4, 0.5) is 0 Å². The topological polar surface area (TPSA) is 38.0 Å². The van der Waals surface area contributed by atoms with Crippen molar-refractivity contribution in [1.82, 2.24) is 9.78 Å². The lowest BCUT2D eigenvalue weighted by Crippen LogP contribution is -1.98. The van der Waals surface area contributed by atoms with Gasteiger partial charge in [0.15, 0.2) is 0 Å². The van der Waals surface area contributed by atoms with Gasteiger partial charge in [-0.15, -0.1) is 0 Å². The second kappa shape index (κ2) is 5.21. The maximum absolute atomic E-state index is 10.2. The number of halogens is 2. The van der Waals surface area contributed by atoms with Gasteiger partial charge in [-0.2, -0.15) is 5.10 Å². The fourth-order valence-electron chi connectivity index (χ4n) is 1.57. The second-order valence-electron chi connectivity index (χ2n) is 3.71. The molecule has 1 aromatic heterocycles. The lowest BCUT2D eigenvalue weighted by atomic mass is 10.1.